The number of amides is 2. The van der Waals surface area contributed by atoms with Crippen molar-refractivity contribution in [2.24, 2.45) is 11.8 Å². The quantitative estimate of drug-likeness (QED) is 0.529. The summed E-state index contributed by atoms with van der Waals surface area (Å²) in [4.78, 5) is 43.3. The standard InChI is InChI=1S/C26H24F3N3O5/c27-26(28,29)37-20-5-1-16(2-6-20)3-8-23(33)31-11-9-18-14-32(15-19(18)10-12-31)24(34)17-4-7-21-22(13-17)36-25(35)30-21/h1-8,13,18-19H,9-12,14-15H2,(H,30,35)/t18-,19+. The maximum Gasteiger partial charge on any atom is 0.573 e. The van der Waals surface area contributed by atoms with Crippen LogP contribution < -0.4 is 10.5 Å². The van der Waals surface area contributed by atoms with Crippen molar-refractivity contribution in [3.63, 3.8) is 0 Å². The van der Waals surface area contributed by atoms with E-state index in [0.717, 1.165) is 12.8 Å². The molecular weight excluding hydrogens is 491 g/mol. The largest absolute Gasteiger partial charge is 0.573 e. The number of nitrogens with zero attached hydrogens (tertiary/aromatic N) is 2. The molecule has 2 fully saturated rings. The van der Waals surface area contributed by atoms with E-state index in [9.17, 15) is 27.6 Å². The van der Waals surface area contributed by atoms with Gasteiger partial charge in [-0.25, -0.2) is 4.79 Å². The summed E-state index contributed by atoms with van der Waals surface area (Å²) in [7, 11) is 0. The molecule has 0 spiro atoms. The number of hydrogen-bond acceptors (Lipinski definition) is 5. The van der Waals surface area contributed by atoms with Crippen LogP contribution in [0.15, 0.2) is 57.8 Å². The van der Waals surface area contributed by atoms with Gasteiger partial charge in [-0.15, -0.1) is 13.2 Å². The van der Waals surface area contributed by atoms with E-state index in [-0.39, 0.29) is 29.4 Å². The van der Waals surface area contributed by atoms with E-state index in [1.807, 2.05) is 4.90 Å². The fourth-order valence-electron chi connectivity index (χ4n) is 5.05. The van der Waals surface area contributed by atoms with E-state index in [0.29, 0.717) is 48.4 Å². The Balaban J connectivity index is 1.15. The van der Waals surface area contributed by atoms with Gasteiger partial charge in [-0.1, -0.05) is 12.1 Å². The van der Waals surface area contributed by atoms with Gasteiger partial charge in [0.25, 0.3) is 5.91 Å². The molecule has 0 aliphatic carbocycles. The molecule has 2 aromatic carbocycles. The average molecular weight is 515 g/mol. The number of rotatable bonds is 4. The molecule has 1 aromatic heterocycles. The highest BCUT2D eigenvalue weighted by Crippen LogP contribution is 2.33. The summed E-state index contributed by atoms with van der Waals surface area (Å²) in [5, 5.41) is 0. The second-order valence-corrected chi connectivity index (χ2v) is 9.31. The SMILES string of the molecule is O=C(C=Cc1ccc(OC(F)(F)F)cc1)N1CC[C@@H]2CN(C(=O)c3ccc4[nH]c(=O)oc4c3)C[C@@H]2CC1. The fourth-order valence-corrected chi connectivity index (χ4v) is 5.05. The number of fused-ring (bicyclic) bond motifs is 2. The number of oxazole rings is 1. The molecule has 0 bridgehead atoms. The molecule has 2 aliphatic heterocycles. The van der Waals surface area contributed by atoms with Crippen LogP contribution in [0, 0.1) is 11.8 Å². The molecule has 2 aliphatic rings. The van der Waals surface area contributed by atoms with Gasteiger partial charge in [0.2, 0.25) is 5.91 Å². The van der Waals surface area contributed by atoms with Crippen LogP contribution in [0.2, 0.25) is 0 Å². The first-order chi connectivity index (χ1) is 17.6. The van der Waals surface area contributed by atoms with E-state index >= 15 is 0 Å². The summed E-state index contributed by atoms with van der Waals surface area (Å²) in [6.45, 7) is 2.32. The molecule has 1 N–H and O–H groups in total. The number of benzene rings is 2. The molecule has 0 saturated carbocycles. The van der Waals surface area contributed by atoms with Gasteiger partial charge in [0, 0.05) is 37.8 Å². The Bertz CT molecular complexity index is 1380. The van der Waals surface area contributed by atoms with Crippen molar-refractivity contribution in [2.75, 3.05) is 26.2 Å². The van der Waals surface area contributed by atoms with Crippen molar-refractivity contribution in [1.29, 1.82) is 0 Å². The van der Waals surface area contributed by atoms with Crippen LogP contribution in [0.1, 0.15) is 28.8 Å². The van der Waals surface area contributed by atoms with Crippen molar-refractivity contribution < 1.29 is 31.9 Å². The van der Waals surface area contributed by atoms with E-state index in [1.165, 1.54) is 30.3 Å². The van der Waals surface area contributed by atoms with Gasteiger partial charge >= 0.3 is 12.1 Å². The lowest BCUT2D eigenvalue weighted by molar-refractivity contribution is -0.274. The van der Waals surface area contributed by atoms with Gasteiger partial charge in [-0.2, -0.15) is 0 Å². The van der Waals surface area contributed by atoms with Crippen LogP contribution in [0.3, 0.4) is 0 Å². The van der Waals surface area contributed by atoms with Crippen LogP contribution in [0.25, 0.3) is 17.2 Å². The first-order valence-electron chi connectivity index (χ1n) is 11.9. The van der Waals surface area contributed by atoms with E-state index in [4.69, 9.17) is 4.42 Å². The van der Waals surface area contributed by atoms with Gasteiger partial charge in [0.15, 0.2) is 5.58 Å². The minimum Gasteiger partial charge on any atom is -0.408 e. The highest BCUT2D eigenvalue weighted by molar-refractivity contribution is 5.97. The molecule has 11 heteroatoms. The highest BCUT2D eigenvalue weighted by atomic mass is 19.4. The molecule has 2 saturated heterocycles. The lowest BCUT2D eigenvalue weighted by Gasteiger charge is -2.21. The molecule has 8 nitrogen and oxygen atoms in total. The average Bonchev–Trinajstić information content (AvgIpc) is 3.37. The smallest absolute Gasteiger partial charge is 0.408 e. The number of halogens is 3. The van der Waals surface area contributed by atoms with E-state index in [2.05, 4.69) is 9.72 Å². The molecule has 194 valence electrons. The Morgan fingerprint density at radius 1 is 1.00 bits per heavy atom. The summed E-state index contributed by atoms with van der Waals surface area (Å²) < 4.78 is 45.8. The first kappa shape index (κ1) is 24.7. The number of carbonyl (C=O) groups excluding carboxylic acids is 2. The number of carbonyl (C=O) groups is 2. The Hall–Kier alpha value is -4.02. The zero-order valence-corrected chi connectivity index (χ0v) is 19.7. The minimum atomic E-state index is -4.75. The summed E-state index contributed by atoms with van der Waals surface area (Å²) in [6.07, 6.45) is -0.230. The Kier molecular flexibility index (Phi) is 6.53. The normalized spacial score (nSPS) is 20.3. The lowest BCUT2D eigenvalue weighted by atomic mass is 9.92. The number of alkyl halides is 3. The molecule has 2 atom stereocenters. The lowest BCUT2D eigenvalue weighted by Crippen LogP contribution is -2.33. The first-order valence-corrected chi connectivity index (χ1v) is 11.9. The zero-order valence-electron chi connectivity index (χ0n) is 19.7. The molecule has 0 unspecified atom stereocenters. The van der Waals surface area contributed by atoms with Crippen molar-refractivity contribution >= 4 is 29.0 Å². The minimum absolute atomic E-state index is 0.110. The molecular formula is C26H24F3N3O5. The number of ether oxygens (including phenoxy) is 1. The number of likely N-dealkylation sites (tertiary alicyclic amines) is 2. The Labute approximate surface area is 209 Å². The highest BCUT2D eigenvalue weighted by Gasteiger charge is 2.37. The number of nitrogens with one attached hydrogen (secondary N) is 1. The molecule has 5 rings (SSSR count). The predicted molar refractivity (Wildman–Crippen MR) is 128 cm³/mol. The maximum absolute atomic E-state index is 13.1. The summed E-state index contributed by atoms with van der Waals surface area (Å²) in [6, 6.07) is 10.2. The van der Waals surface area contributed by atoms with Crippen molar-refractivity contribution in [3.05, 3.63) is 70.2 Å². The van der Waals surface area contributed by atoms with Crippen molar-refractivity contribution in [3.8, 4) is 5.75 Å². The number of aromatic nitrogens is 1. The molecule has 2 amide bonds. The van der Waals surface area contributed by atoms with Crippen LogP contribution in [0.5, 0.6) is 5.75 Å². The third kappa shape index (κ3) is 5.71. The van der Waals surface area contributed by atoms with E-state index < -0.39 is 12.1 Å². The molecule has 37 heavy (non-hydrogen) atoms. The second-order valence-electron chi connectivity index (χ2n) is 9.31. The van der Waals surface area contributed by atoms with Gasteiger partial charge in [0.1, 0.15) is 5.75 Å². The van der Waals surface area contributed by atoms with Gasteiger partial charge in [0.05, 0.1) is 5.52 Å². The van der Waals surface area contributed by atoms with Crippen LogP contribution in [-0.2, 0) is 4.79 Å². The Morgan fingerprint density at radius 3 is 2.32 bits per heavy atom. The Morgan fingerprint density at radius 2 is 1.68 bits per heavy atom. The fraction of sp³-hybridized carbons (Fsp3) is 0.346. The summed E-state index contributed by atoms with van der Waals surface area (Å²) in [5.41, 5.74) is 1.93. The molecule has 3 aromatic rings. The van der Waals surface area contributed by atoms with Crippen LogP contribution >= 0.6 is 0 Å². The maximum atomic E-state index is 13.1. The van der Waals surface area contributed by atoms with Crippen LogP contribution in [0.4, 0.5) is 13.2 Å². The summed E-state index contributed by atoms with van der Waals surface area (Å²) >= 11 is 0. The zero-order chi connectivity index (χ0) is 26.2. The van der Waals surface area contributed by atoms with Gasteiger partial charge < -0.3 is 19.0 Å². The third-order valence-electron chi connectivity index (χ3n) is 6.91. The number of aromatic amines is 1. The van der Waals surface area contributed by atoms with Gasteiger partial charge in [-0.3, -0.25) is 14.6 Å². The predicted octanol–water partition coefficient (Wildman–Crippen LogP) is 4.04. The molecule has 0 radical (unpaired) electrons. The topological polar surface area (TPSA) is 95.9 Å². The second kappa shape index (κ2) is 9.79. The van der Waals surface area contributed by atoms with Crippen molar-refractivity contribution in [1.82, 2.24) is 14.8 Å². The third-order valence-corrected chi connectivity index (χ3v) is 6.91. The number of H-pyrrole nitrogens is 1. The van der Waals surface area contributed by atoms with Crippen molar-refractivity contribution in [2.45, 2.75) is 19.2 Å². The molecule has 3 heterocycles. The van der Waals surface area contributed by atoms with E-state index in [1.54, 1.807) is 29.2 Å². The van der Waals surface area contributed by atoms with Gasteiger partial charge in [-0.05, 0) is 66.6 Å². The monoisotopic (exact) mass is 515 g/mol. The van der Waals surface area contributed by atoms with Crippen LogP contribution in [-0.4, -0.2) is 59.1 Å². The summed E-state index contributed by atoms with van der Waals surface area (Å²) in [5.74, 6) is -0.600. The number of hydrogen-bond donors (Lipinski definition) is 1.